The van der Waals surface area contributed by atoms with E-state index in [0.29, 0.717) is 0 Å². The summed E-state index contributed by atoms with van der Waals surface area (Å²) in [5.74, 6) is 2.34. The van der Waals surface area contributed by atoms with Crippen molar-refractivity contribution in [3.8, 4) is 17.3 Å². The van der Waals surface area contributed by atoms with Gasteiger partial charge in [0.15, 0.2) is 0 Å². The van der Waals surface area contributed by atoms with E-state index in [0.717, 1.165) is 83.0 Å². The quantitative estimate of drug-likeness (QED) is 0.200. The Hall–Kier alpha value is -6.14. The molecule has 6 heteroatoms. The number of rotatable bonds is 3. The minimum Gasteiger partial charge on any atom is -0.457 e. The summed E-state index contributed by atoms with van der Waals surface area (Å²) in [5, 5.41) is 7.76. The minimum absolute atomic E-state index is 0.742. The molecule has 0 fully saturated rings. The Morgan fingerprint density at radius 2 is 1.27 bits per heavy atom. The summed E-state index contributed by atoms with van der Waals surface area (Å²) in [6.45, 7) is 0. The van der Waals surface area contributed by atoms with Crippen LogP contribution < -0.4 is 4.74 Å². The van der Waals surface area contributed by atoms with Crippen LogP contribution in [0.25, 0.3) is 76.9 Å². The number of pyridine rings is 2. The summed E-state index contributed by atoms with van der Waals surface area (Å²) in [7, 11) is 0. The molecule has 0 radical (unpaired) electrons. The number of imidazole rings is 1. The second kappa shape index (κ2) is 8.69. The number of hydrogen-bond acceptors (Lipinski definition) is 4. The van der Waals surface area contributed by atoms with Crippen LogP contribution in [-0.2, 0) is 0 Å². The van der Waals surface area contributed by atoms with E-state index in [-0.39, 0.29) is 0 Å². The van der Waals surface area contributed by atoms with Gasteiger partial charge in [0.2, 0.25) is 0 Å². The molecule has 0 unspecified atom stereocenters. The second-order valence-corrected chi connectivity index (χ2v) is 11.1. The molecule has 0 saturated carbocycles. The van der Waals surface area contributed by atoms with Gasteiger partial charge < -0.3 is 9.15 Å². The van der Waals surface area contributed by atoms with Crippen LogP contribution in [0.5, 0.6) is 11.5 Å². The molecule has 0 bridgehead atoms. The number of para-hydroxylation sites is 2. The van der Waals surface area contributed by atoms with Crippen molar-refractivity contribution in [2.45, 2.75) is 0 Å². The molecule has 5 aromatic carbocycles. The van der Waals surface area contributed by atoms with Gasteiger partial charge in [-0.2, -0.15) is 0 Å². The first-order chi connectivity index (χ1) is 21.8. The Morgan fingerprint density at radius 3 is 2.18 bits per heavy atom. The maximum atomic E-state index is 6.55. The molecule has 6 nitrogen and oxygen atoms in total. The summed E-state index contributed by atoms with van der Waals surface area (Å²) < 4.78 is 17.2. The highest BCUT2D eigenvalue weighted by Gasteiger charge is 2.18. The van der Waals surface area contributed by atoms with Crippen molar-refractivity contribution in [2.75, 3.05) is 0 Å². The molecule has 206 valence electrons. The Kier molecular flexibility index (Phi) is 4.63. The van der Waals surface area contributed by atoms with Gasteiger partial charge in [0.05, 0.1) is 16.6 Å². The molecule has 5 heterocycles. The summed E-state index contributed by atoms with van der Waals surface area (Å²) in [6.07, 6.45) is 5.68. The topological polar surface area (TPSA) is 57.5 Å². The molecule has 0 aliphatic carbocycles. The van der Waals surface area contributed by atoms with E-state index in [1.165, 1.54) is 5.39 Å². The van der Waals surface area contributed by atoms with Crippen molar-refractivity contribution < 1.29 is 9.15 Å². The van der Waals surface area contributed by atoms with Crippen LogP contribution in [0.3, 0.4) is 0 Å². The largest absolute Gasteiger partial charge is 0.457 e. The number of furan rings is 1. The Balaban J connectivity index is 1.17. The van der Waals surface area contributed by atoms with Crippen LogP contribution in [0.2, 0.25) is 0 Å². The zero-order valence-corrected chi connectivity index (χ0v) is 23.3. The van der Waals surface area contributed by atoms with Crippen LogP contribution in [0.1, 0.15) is 0 Å². The minimum atomic E-state index is 0.742. The van der Waals surface area contributed by atoms with Crippen LogP contribution in [0, 0.1) is 0 Å². The fourth-order valence-corrected chi connectivity index (χ4v) is 6.76. The Labute approximate surface area is 250 Å². The molecule has 0 atom stereocenters. The first kappa shape index (κ1) is 23.4. The zero-order valence-electron chi connectivity index (χ0n) is 23.3. The van der Waals surface area contributed by atoms with Crippen molar-refractivity contribution in [1.82, 2.24) is 18.9 Å². The highest BCUT2D eigenvalue weighted by atomic mass is 16.5. The van der Waals surface area contributed by atoms with E-state index in [4.69, 9.17) is 14.1 Å². The smallest absolute Gasteiger partial charge is 0.145 e. The highest BCUT2D eigenvalue weighted by molar-refractivity contribution is 6.17. The van der Waals surface area contributed by atoms with Gasteiger partial charge in [-0.3, -0.25) is 8.97 Å². The van der Waals surface area contributed by atoms with E-state index in [2.05, 4.69) is 80.7 Å². The second-order valence-electron chi connectivity index (χ2n) is 11.1. The van der Waals surface area contributed by atoms with E-state index in [1.807, 2.05) is 67.1 Å². The number of aromatic nitrogens is 4. The summed E-state index contributed by atoms with van der Waals surface area (Å²) >= 11 is 0. The van der Waals surface area contributed by atoms with E-state index < -0.39 is 0 Å². The molecule has 0 amide bonds. The molecule has 44 heavy (non-hydrogen) atoms. The highest BCUT2D eigenvalue weighted by Crippen LogP contribution is 2.40. The summed E-state index contributed by atoms with van der Waals surface area (Å²) in [6, 6.07) is 39.5. The maximum Gasteiger partial charge on any atom is 0.145 e. The third-order valence-corrected chi connectivity index (χ3v) is 8.68. The molecular weight excluding hydrogens is 544 g/mol. The third kappa shape index (κ3) is 3.25. The predicted molar refractivity (Wildman–Crippen MR) is 176 cm³/mol. The van der Waals surface area contributed by atoms with Gasteiger partial charge in [0.1, 0.15) is 34.1 Å². The molecule has 0 aliphatic heterocycles. The van der Waals surface area contributed by atoms with Crippen LogP contribution in [0.15, 0.2) is 138 Å². The lowest BCUT2D eigenvalue weighted by Gasteiger charge is -2.11. The molecule has 5 aromatic heterocycles. The first-order valence-corrected chi connectivity index (χ1v) is 14.6. The first-order valence-electron chi connectivity index (χ1n) is 14.6. The SMILES string of the molecule is c1ccc(-n2c3cc(Oc4ccc5c6ccccc6n6ccnc6c5c4)ccc3c3cc4oc5ccccc5c4cc32)nc1. The molecule has 0 spiro atoms. The lowest BCUT2D eigenvalue weighted by atomic mass is 10.1. The van der Waals surface area contributed by atoms with Gasteiger partial charge in [-0.25, -0.2) is 9.97 Å². The van der Waals surface area contributed by atoms with E-state index in [9.17, 15) is 0 Å². The number of fused-ring (bicyclic) bond motifs is 12. The third-order valence-electron chi connectivity index (χ3n) is 8.68. The molecule has 0 saturated heterocycles. The van der Waals surface area contributed by atoms with E-state index in [1.54, 1.807) is 0 Å². The van der Waals surface area contributed by atoms with Gasteiger partial charge in [0.25, 0.3) is 0 Å². The summed E-state index contributed by atoms with van der Waals surface area (Å²) in [5.41, 5.74) is 5.87. The number of benzene rings is 5. The molecule has 0 N–H and O–H groups in total. The molecular formula is C38H22N4O2. The van der Waals surface area contributed by atoms with E-state index >= 15 is 0 Å². The van der Waals surface area contributed by atoms with Crippen LogP contribution in [0.4, 0.5) is 0 Å². The van der Waals surface area contributed by atoms with Gasteiger partial charge >= 0.3 is 0 Å². The lowest BCUT2D eigenvalue weighted by Crippen LogP contribution is -1.96. The van der Waals surface area contributed by atoms with Crippen molar-refractivity contribution in [3.05, 3.63) is 134 Å². The maximum absolute atomic E-state index is 6.55. The number of nitrogens with zero attached hydrogens (tertiary/aromatic N) is 4. The van der Waals surface area contributed by atoms with Gasteiger partial charge in [0, 0.05) is 57.0 Å². The fourth-order valence-electron chi connectivity index (χ4n) is 6.76. The molecule has 10 aromatic rings. The number of hydrogen-bond donors (Lipinski definition) is 0. The predicted octanol–water partition coefficient (Wildman–Crippen LogP) is 9.82. The Morgan fingerprint density at radius 1 is 0.500 bits per heavy atom. The van der Waals surface area contributed by atoms with Crippen molar-refractivity contribution in [1.29, 1.82) is 0 Å². The summed E-state index contributed by atoms with van der Waals surface area (Å²) in [4.78, 5) is 9.42. The standard InChI is InChI=1S/C38H22N4O2/c1-3-9-32-26(7-1)25-14-12-23(19-31(25)38-40-17-18-41(32)38)43-24-13-15-27-29-22-36-30(28-8-2-4-10-35(28)44-36)21-34(29)42(33(27)20-24)37-11-5-6-16-39-37/h1-22H. The lowest BCUT2D eigenvalue weighted by molar-refractivity contribution is 0.484. The molecule has 10 rings (SSSR count). The van der Waals surface area contributed by atoms with Crippen molar-refractivity contribution >= 4 is 71.1 Å². The molecule has 0 aliphatic rings. The average Bonchev–Trinajstić information content (AvgIpc) is 3.78. The zero-order chi connectivity index (χ0) is 28.8. The van der Waals surface area contributed by atoms with Crippen LogP contribution >= 0.6 is 0 Å². The van der Waals surface area contributed by atoms with Gasteiger partial charge in [-0.1, -0.05) is 42.5 Å². The van der Waals surface area contributed by atoms with Gasteiger partial charge in [-0.05, 0) is 72.1 Å². The average molecular weight is 567 g/mol. The monoisotopic (exact) mass is 566 g/mol. The normalized spacial score (nSPS) is 12.1. The Bertz CT molecular complexity index is 2750. The van der Waals surface area contributed by atoms with Crippen molar-refractivity contribution in [2.24, 2.45) is 0 Å². The van der Waals surface area contributed by atoms with Gasteiger partial charge in [-0.15, -0.1) is 0 Å². The fraction of sp³-hybridized carbons (Fsp3) is 0. The number of ether oxygens (including phenoxy) is 1. The van der Waals surface area contributed by atoms with Crippen molar-refractivity contribution in [3.63, 3.8) is 0 Å². The van der Waals surface area contributed by atoms with Crippen LogP contribution in [-0.4, -0.2) is 18.9 Å².